The van der Waals surface area contributed by atoms with E-state index in [0.717, 1.165) is 11.9 Å². The Kier molecular flexibility index (Phi) is 5.28. The van der Waals surface area contributed by atoms with E-state index in [-0.39, 0.29) is 34.4 Å². The van der Waals surface area contributed by atoms with Crippen molar-refractivity contribution in [2.24, 2.45) is 10.2 Å². The molecule has 0 radical (unpaired) electrons. The van der Waals surface area contributed by atoms with E-state index < -0.39 is 5.56 Å². The van der Waals surface area contributed by atoms with Gasteiger partial charge in [0.15, 0.2) is 10.5 Å². The zero-order valence-electron chi connectivity index (χ0n) is 14.7. The molecule has 1 aromatic carbocycles. The summed E-state index contributed by atoms with van der Waals surface area (Å²) < 4.78 is 6.35. The van der Waals surface area contributed by atoms with Crippen LogP contribution in [0.25, 0.3) is 0 Å². The summed E-state index contributed by atoms with van der Waals surface area (Å²) in [5.41, 5.74) is 0.815. The number of aromatic nitrogens is 2. The zero-order chi connectivity index (χ0) is 19.6. The van der Waals surface area contributed by atoms with Crippen molar-refractivity contribution in [2.75, 3.05) is 25.7 Å². The first-order valence-electron chi connectivity index (χ1n) is 7.99. The van der Waals surface area contributed by atoms with Crippen molar-refractivity contribution < 1.29 is 14.6 Å². The number of rotatable bonds is 5. The third-order valence-electron chi connectivity index (χ3n) is 4.10. The second-order valence-corrected chi connectivity index (χ2v) is 6.10. The van der Waals surface area contributed by atoms with E-state index in [2.05, 4.69) is 15.2 Å². The molecule has 27 heavy (non-hydrogen) atoms. The number of carbonyl (C=O) groups excluding carboxylic acids is 1. The highest BCUT2D eigenvalue weighted by Crippen LogP contribution is 2.27. The van der Waals surface area contributed by atoms with Crippen LogP contribution in [0.4, 0.5) is 5.69 Å². The molecule has 1 amide bonds. The van der Waals surface area contributed by atoms with E-state index in [0.29, 0.717) is 12.2 Å². The van der Waals surface area contributed by atoms with Crippen molar-refractivity contribution in [3.05, 3.63) is 50.5 Å². The Morgan fingerprint density at radius 3 is 2.81 bits per heavy atom. The second-order valence-electron chi connectivity index (χ2n) is 5.72. The minimum atomic E-state index is -0.606. The van der Waals surface area contributed by atoms with Gasteiger partial charge in [-0.2, -0.15) is 5.10 Å². The molecule has 0 saturated carbocycles. The van der Waals surface area contributed by atoms with E-state index >= 15 is 0 Å². The van der Waals surface area contributed by atoms with Gasteiger partial charge >= 0.3 is 0 Å². The van der Waals surface area contributed by atoms with Gasteiger partial charge in [0.25, 0.3) is 11.5 Å². The summed E-state index contributed by atoms with van der Waals surface area (Å²) in [5.74, 6) is -0.650. The van der Waals surface area contributed by atoms with Gasteiger partial charge in [0.2, 0.25) is 5.88 Å². The number of H-pyrrole nitrogens is 1. The van der Waals surface area contributed by atoms with Crippen molar-refractivity contribution in [3.8, 4) is 5.88 Å². The first-order chi connectivity index (χ1) is 13.0. The Hall–Kier alpha value is -3.11. The number of carbonyl (C=O) groups is 1. The molecule has 9 nitrogen and oxygen atoms in total. The molecule has 0 fully saturated rings. The fourth-order valence-electron chi connectivity index (χ4n) is 2.67. The quantitative estimate of drug-likeness (QED) is 0.453. The van der Waals surface area contributed by atoms with Crippen molar-refractivity contribution in [3.63, 3.8) is 0 Å². The SMILES string of the molecule is COCCn1c(O)c(/C=N\N=C2C(=O)N(C)c3ccccc32)c(=O)[nH]c1=S. The summed E-state index contributed by atoms with van der Waals surface area (Å²) in [4.78, 5) is 28.3. The van der Waals surface area contributed by atoms with E-state index in [1.807, 2.05) is 6.07 Å². The summed E-state index contributed by atoms with van der Waals surface area (Å²) in [6.07, 6.45) is 1.09. The molecule has 2 heterocycles. The van der Waals surface area contributed by atoms with Crippen molar-refractivity contribution in [1.29, 1.82) is 0 Å². The molecule has 0 saturated heterocycles. The van der Waals surface area contributed by atoms with Crippen LogP contribution in [-0.2, 0) is 16.1 Å². The van der Waals surface area contributed by atoms with Gasteiger partial charge in [0.05, 0.1) is 25.1 Å². The Morgan fingerprint density at radius 2 is 2.07 bits per heavy atom. The summed E-state index contributed by atoms with van der Waals surface area (Å²) in [6, 6.07) is 7.18. The fourth-order valence-corrected chi connectivity index (χ4v) is 2.94. The molecule has 1 aromatic heterocycles. The van der Waals surface area contributed by atoms with Gasteiger partial charge in [0.1, 0.15) is 5.56 Å². The molecular formula is C17H17N5O4S. The fraction of sp³-hybridized carbons (Fsp3) is 0.235. The molecule has 0 spiro atoms. The standard InChI is InChI=1S/C17H17N5O4S/c1-21-12-6-4-3-5-10(12)13(16(21)25)20-18-9-11-14(23)19-17(27)22(15(11)24)7-8-26-2/h3-6,9,24H,7-8H2,1-2H3,(H,19,23,27)/b18-9-,20-13?. The molecule has 3 rings (SSSR count). The number of fused-ring (bicyclic) bond motifs is 1. The second kappa shape index (κ2) is 7.64. The lowest BCUT2D eigenvalue weighted by molar-refractivity contribution is -0.111. The largest absolute Gasteiger partial charge is 0.494 e. The molecule has 1 aliphatic rings. The van der Waals surface area contributed by atoms with Crippen LogP contribution in [-0.4, -0.2) is 53.3 Å². The summed E-state index contributed by atoms with van der Waals surface area (Å²) in [7, 11) is 3.16. The third-order valence-corrected chi connectivity index (χ3v) is 4.42. The van der Waals surface area contributed by atoms with Crippen LogP contribution in [0.5, 0.6) is 5.88 Å². The summed E-state index contributed by atoms with van der Waals surface area (Å²) >= 11 is 5.04. The molecule has 0 bridgehead atoms. The van der Waals surface area contributed by atoms with Gasteiger partial charge in [-0.15, -0.1) is 5.10 Å². The van der Waals surface area contributed by atoms with E-state index in [1.54, 1.807) is 25.2 Å². The Bertz CT molecular complexity index is 1070. The molecular weight excluding hydrogens is 370 g/mol. The van der Waals surface area contributed by atoms with Crippen LogP contribution >= 0.6 is 12.2 Å². The number of likely N-dealkylation sites (N-methyl/N-ethyl adjacent to an activating group) is 1. The highest BCUT2D eigenvalue weighted by atomic mass is 32.1. The lowest BCUT2D eigenvalue weighted by Gasteiger charge is -2.09. The maximum atomic E-state index is 12.3. The number of nitrogens with zero attached hydrogens (tertiary/aromatic N) is 4. The molecule has 2 aromatic rings. The number of anilines is 1. The van der Waals surface area contributed by atoms with E-state index in [1.165, 1.54) is 16.6 Å². The predicted octanol–water partition coefficient (Wildman–Crippen LogP) is 1.06. The number of aromatic amines is 1. The minimum Gasteiger partial charge on any atom is -0.494 e. The number of hydrogen-bond acceptors (Lipinski definition) is 7. The number of methoxy groups -OCH3 is 1. The van der Waals surface area contributed by atoms with Crippen molar-refractivity contribution >= 4 is 35.7 Å². The molecule has 0 aliphatic carbocycles. The van der Waals surface area contributed by atoms with Gasteiger partial charge in [0, 0.05) is 19.7 Å². The maximum absolute atomic E-state index is 12.3. The van der Waals surface area contributed by atoms with Gasteiger partial charge in [-0.1, -0.05) is 18.2 Å². The highest BCUT2D eigenvalue weighted by Gasteiger charge is 2.31. The van der Waals surface area contributed by atoms with Crippen molar-refractivity contribution in [2.45, 2.75) is 6.54 Å². The number of nitrogens with one attached hydrogen (secondary N) is 1. The molecule has 140 valence electrons. The third kappa shape index (κ3) is 3.44. The van der Waals surface area contributed by atoms with Crippen LogP contribution < -0.4 is 10.5 Å². The lowest BCUT2D eigenvalue weighted by atomic mass is 10.1. The first-order valence-corrected chi connectivity index (χ1v) is 8.40. The summed E-state index contributed by atoms with van der Waals surface area (Å²) in [5, 5.41) is 18.1. The molecule has 0 atom stereocenters. The number of aromatic hydroxyl groups is 1. The number of hydrogen-bond donors (Lipinski definition) is 2. The normalized spacial score (nSPS) is 15.1. The maximum Gasteiger partial charge on any atom is 0.279 e. The van der Waals surface area contributed by atoms with E-state index in [4.69, 9.17) is 17.0 Å². The predicted molar refractivity (Wildman–Crippen MR) is 103 cm³/mol. The minimum absolute atomic E-state index is 0.0690. The Balaban J connectivity index is 1.98. The number of para-hydroxylation sites is 1. The molecule has 1 aliphatic heterocycles. The van der Waals surface area contributed by atoms with E-state index in [9.17, 15) is 14.7 Å². The van der Waals surface area contributed by atoms with Crippen LogP contribution in [0.15, 0.2) is 39.3 Å². The topological polar surface area (TPSA) is 112 Å². The number of benzene rings is 1. The Labute approximate surface area is 159 Å². The summed E-state index contributed by atoms with van der Waals surface area (Å²) in [6.45, 7) is 0.550. The van der Waals surface area contributed by atoms with Gasteiger partial charge in [-0.25, -0.2) is 0 Å². The van der Waals surface area contributed by atoms with Crippen LogP contribution in [0, 0.1) is 4.77 Å². The highest BCUT2D eigenvalue weighted by molar-refractivity contribution is 7.71. The lowest BCUT2D eigenvalue weighted by Crippen LogP contribution is -2.25. The monoisotopic (exact) mass is 387 g/mol. The van der Waals surface area contributed by atoms with Crippen LogP contribution in [0.1, 0.15) is 11.1 Å². The average Bonchev–Trinajstić information content (AvgIpc) is 2.89. The molecule has 10 heteroatoms. The van der Waals surface area contributed by atoms with Crippen LogP contribution in [0.3, 0.4) is 0 Å². The van der Waals surface area contributed by atoms with Gasteiger partial charge in [-0.3, -0.25) is 19.1 Å². The van der Waals surface area contributed by atoms with Crippen LogP contribution in [0.2, 0.25) is 0 Å². The molecule has 0 unspecified atom stereocenters. The zero-order valence-corrected chi connectivity index (χ0v) is 15.5. The number of amides is 1. The first kappa shape index (κ1) is 18.7. The number of ether oxygens (including phenoxy) is 1. The Morgan fingerprint density at radius 1 is 1.33 bits per heavy atom. The van der Waals surface area contributed by atoms with Gasteiger partial charge < -0.3 is 14.7 Å². The average molecular weight is 387 g/mol. The molecule has 2 N–H and O–H groups in total. The van der Waals surface area contributed by atoms with Crippen molar-refractivity contribution in [1.82, 2.24) is 9.55 Å². The van der Waals surface area contributed by atoms with Gasteiger partial charge in [-0.05, 0) is 18.3 Å². The smallest absolute Gasteiger partial charge is 0.279 e.